The summed E-state index contributed by atoms with van der Waals surface area (Å²) in [4.78, 5) is 31.7. The summed E-state index contributed by atoms with van der Waals surface area (Å²) in [6, 6.07) is 19.6. The molecule has 2 aromatic carbocycles. The summed E-state index contributed by atoms with van der Waals surface area (Å²) in [6.45, 7) is 3.77. The topological polar surface area (TPSA) is 62.3 Å². The van der Waals surface area contributed by atoms with Crippen LogP contribution in [0.5, 0.6) is 0 Å². The smallest absolute Gasteiger partial charge is 0.261 e. The number of amides is 2. The average molecular weight is 357 g/mol. The molecular weight excluding hydrogens is 338 g/mol. The van der Waals surface area contributed by atoms with Gasteiger partial charge in [0.25, 0.3) is 11.8 Å². The number of hydrogen-bond acceptors (Lipinski definition) is 4. The Morgan fingerprint density at radius 3 is 1.89 bits per heavy atom. The lowest BCUT2D eigenvalue weighted by Crippen LogP contribution is -2.21. The molecule has 1 aromatic heterocycles. The Kier molecular flexibility index (Phi) is 4.20. The number of pyridine rings is 1. The van der Waals surface area contributed by atoms with Crippen LogP contribution in [0.25, 0.3) is 0 Å². The third-order valence-corrected chi connectivity index (χ3v) is 4.69. The van der Waals surface area contributed by atoms with Crippen LogP contribution in [0.3, 0.4) is 0 Å². The molecule has 27 heavy (non-hydrogen) atoms. The number of anilines is 3. The summed E-state index contributed by atoms with van der Waals surface area (Å²) in [6.07, 6.45) is 0.640. The van der Waals surface area contributed by atoms with Crippen molar-refractivity contribution in [2.24, 2.45) is 0 Å². The van der Waals surface area contributed by atoms with Crippen molar-refractivity contribution in [3.8, 4) is 0 Å². The molecule has 1 aliphatic rings. The zero-order chi connectivity index (χ0) is 19.0. The highest BCUT2D eigenvalue weighted by atomic mass is 16.2. The number of aromatic nitrogens is 1. The van der Waals surface area contributed by atoms with Crippen molar-refractivity contribution in [3.63, 3.8) is 0 Å². The van der Waals surface area contributed by atoms with Crippen LogP contribution in [0.1, 0.15) is 39.0 Å². The van der Waals surface area contributed by atoms with E-state index in [2.05, 4.69) is 10.3 Å². The summed E-state index contributed by atoms with van der Waals surface area (Å²) < 4.78 is 0. The van der Waals surface area contributed by atoms with Crippen LogP contribution < -0.4 is 10.2 Å². The Hall–Kier alpha value is -3.47. The van der Waals surface area contributed by atoms with E-state index in [9.17, 15) is 9.59 Å². The number of benzene rings is 2. The van der Waals surface area contributed by atoms with Gasteiger partial charge in [0.05, 0.1) is 28.2 Å². The Labute approximate surface area is 157 Å². The number of carbonyl (C=O) groups is 2. The molecule has 0 fully saturated rings. The molecule has 134 valence electrons. The molecule has 5 heteroatoms. The summed E-state index contributed by atoms with van der Waals surface area (Å²) >= 11 is 0. The molecule has 4 rings (SSSR count). The lowest BCUT2D eigenvalue weighted by Gasteiger charge is -2.28. The van der Waals surface area contributed by atoms with Gasteiger partial charge in [-0.1, -0.05) is 43.3 Å². The maximum atomic E-state index is 12.7. The van der Waals surface area contributed by atoms with E-state index in [1.807, 2.05) is 72.5 Å². The van der Waals surface area contributed by atoms with Gasteiger partial charge >= 0.3 is 0 Å². The molecule has 0 bridgehead atoms. The molecule has 1 N–H and O–H groups in total. The minimum Gasteiger partial charge on any atom is -0.308 e. The van der Waals surface area contributed by atoms with Crippen molar-refractivity contribution in [3.05, 3.63) is 83.2 Å². The molecule has 0 saturated carbocycles. The first-order valence-electron chi connectivity index (χ1n) is 8.91. The molecule has 1 aliphatic heterocycles. The highest BCUT2D eigenvalue weighted by Gasteiger charge is 2.36. The van der Waals surface area contributed by atoms with Crippen molar-refractivity contribution >= 4 is 28.9 Å². The summed E-state index contributed by atoms with van der Waals surface area (Å²) in [7, 11) is 0. The highest BCUT2D eigenvalue weighted by Crippen LogP contribution is 2.41. The van der Waals surface area contributed by atoms with E-state index in [-0.39, 0.29) is 11.8 Å². The van der Waals surface area contributed by atoms with Gasteiger partial charge in [0.2, 0.25) is 0 Å². The number of rotatable bonds is 4. The van der Waals surface area contributed by atoms with E-state index < -0.39 is 0 Å². The van der Waals surface area contributed by atoms with Gasteiger partial charge in [-0.2, -0.15) is 0 Å². The minimum atomic E-state index is -0.384. The SMILES string of the molecule is CCc1nc(C)c2c(c1N(c1ccccc1)c1ccccc1)C(=O)NC2=O. The molecule has 0 atom stereocenters. The predicted molar refractivity (Wildman–Crippen MR) is 105 cm³/mol. The maximum Gasteiger partial charge on any atom is 0.261 e. The van der Waals surface area contributed by atoms with Gasteiger partial charge in [0, 0.05) is 11.4 Å². The second-order valence-corrected chi connectivity index (χ2v) is 6.39. The van der Waals surface area contributed by atoms with Gasteiger partial charge in [0.1, 0.15) is 0 Å². The van der Waals surface area contributed by atoms with Crippen molar-refractivity contribution in [1.82, 2.24) is 10.3 Å². The molecule has 0 unspecified atom stereocenters. The zero-order valence-electron chi connectivity index (χ0n) is 15.2. The number of nitrogens with zero attached hydrogens (tertiary/aromatic N) is 2. The van der Waals surface area contributed by atoms with E-state index >= 15 is 0 Å². The standard InChI is InChI=1S/C22H19N3O2/c1-3-17-20(19-18(14(2)23-17)21(26)24-22(19)27)25(15-10-6-4-7-11-15)16-12-8-5-9-13-16/h4-13H,3H2,1-2H3,(H,24,26,27). The Balaban J connectivity index is 2.07. The number of imide groups is 1. The summed E-state index contributed by atoms with van der Waals surface area (Å²) in [5.74, 6) is -0.757. The van der Waals surface area contributed by atoms with Crippen molar-refractivity contribution in [2.45, 2.75) is 20.3 Å². The van der Waals surface area contributed by atoms with E-state index in [4.69, 9.17) is 0 Å². The summed E-state index contributed by atoms with van der Waals surface area (Å²) in [5, 5.41) is 2.43. The Morgan fingerprint density at radius 1 is 0.852 bits per heavy atom. The third-order valence-electron chi connectivity index (χ3n) is 4.69. The number of para-hydroxylation sites is 2. The molecule has 0 spiro atoms. The summed E-state index contributed by atoms with van der Waals surface area (Å²) in [5.41, 5.74) is 4.59. The monoisotopic (exact) mass is 357 g/mol. The predicted octanol–water partition coefficient (Wildman–Crippen LogP) is 4.31. The minimum absolute atomic E-state index is 0.365. The molecule has 0 aliphatic carbocycles. The quantitative estimate of drug-likeness (QED) is 0.707. The normalized spacial score (nSPS) is 12.7. The fourth-order valence-corrected chi connectivity index (χ4v) is 3.53. The lowest BCUT2D eigenvalue weighted by molar-refractivity contribution is 0.0879. The second-order valence-electron chi connectivity index (χ2n) is 6.39. The number of nitrogens with one attached hydrogen (secondary N) is 1. The molecule has 5 nitrogen and oxygen atoms in total. The van der Waals surface area contributed by atoms with E-state index in [1.54, 1.807) is 6.92 Å². The molecule has 2 heterocycles. The van der Waals surface area contributed by atoms with Crippen molar-refractivity contribution < 1.29 is 9.59 Å². The van der Waals surface area contributed by atoms with Gasteiger partial charge < -0.3 is 4.90 Å². The van der Waals surface area contributed by atoms with Gasteiger partial charge in [-0.25, -0.2) is 0 Å². The lowest BCUT2D eigenvalue weighted by atomic mass is 10.0. The number of hydrogen-bond donors (Lipinski definition) is 1. The largest absolute Gasteiger partial charge is 0.308 e. The van der Waals surface area contributed by atoms with Crippen molar-refractivity contribution in [2.75, 3.05) is 4.90 Å². The molecule has 3 aromatic rings. The third kappa shape index (κ3) is 2.77. The van der Waals surface area contributed by atoms with Crippen molar-refractivity contribution in [1.29, 1.82) is 0 Å². The van der Waals surface area contributed by atoms with Gasteiger partial charge in [-0.05, 0) is 37.6 Å². The van der Waals surface area contributed by atoms with Crippen LogP contribution in [0, 0.1) is 6.92 Å². The molecule has 2 amide bonds. The fourth-order valence-electron chi connectivity index (χ4n) is 3.53. The van der Waals surface area contributed by atoms with Crippen LogP contribution in [0.15, 0.2) is 60.7 Å². The van der Waals surface area contributed by atoms with Gasteiger partial charge in [-0.3, -0.25) is 19.9 Å². The van der Waals surface area contributed by atoms with E-state index in [0.29, 0.717) is 28.9 Å². The average Bonchev–Trinajstić information content (AvgIpc) is 3.00. The Bertz CT molecular complexity index is 991. The van der Waals surface area contributed by atoms with Crippen LogP contribution in [0.4, 0.5) is 17.1 Å². The van der Waals surface area contributed by atoms with Gasteiger partial charge in [-0.15, -0.1) is 0 Å². The molecule has 0 saturated heterocycles. The van der Waals surface area contributed by atoms with Crippen LogP contribution in [0.2, 0.25) is 0 Å². The maximum absolute atomic E-state index is 12.7. The second kappa shape index (κ2) is 6.68. The van der Waals surface area contributed by atoms with Crippen LogP contribution in [-0.4, -0.2) is 16.8 Å². The van der Waals surface area contributed by atoms with E-state index in [0.717, 1.165) is 17.1 Å². The first kappa shape index (κ1) is 17.0. The van der Waals surface area contributed by atoms with Crippen LogP contribution in [-0.2, 0) is 6.42 Å². The molecular formula is C22H19N3O2. The first-order chi connectivity index (χ1) is 13.1. The highest BCUT2D eigenvalue weighted by molar-refractivity contribution is 6.25. The molecule has 0 radical (unpaired) electrons. The van der Waals surface area contributed by atoms with E-state index in [1.165, 1.54) is 0 Å². The van der Waals surface area contributed by atoms with Crippen LogP contribution >= 0.6 is 0 Å². The number of aryl methyl sites for hydroxylation is 2. The number of carbonyl (C=O) groups excluding carboxylic acids is 2. The number of fused-ring (bicyclic) bond motifs is 1. The first-order valence-corrected chi connectivity index (χ1v) is 8.91. The Morgan fingerprint density at radius 2 is 1.37 bits per heavy atom. The fraction of sp³-hybridized carbons (Fsp3) is 0.136. The van der Waals surface area contributed by atoms with Gasteiger partial charge in [0.15, 0.2) is 0 Å². The zero-order valence-corrected chi connectivity index (χ0v) is 15.2.